The van der Waals surface area contributed by atoms with Crippen LogP contribution < -0.4 is 9.46 Å². The van der Waals surface area contributed by atoms with Gasteiger partial charge in [0.2, 0.25) is 10.0 Å². The Morgan fingerprint density at radius 3 is 2.64 bits per heavy atom. The van der Waals surface area contributed by atoms with Crippen LogP contribution in [-0.4, -0.2) is 27.2 Å². The minimum atomic E-state index is -3.72. The molecule has 0 heterocycles. The number of ether oxygens (including phenoxy) is 1. The van der Waals surface area contributed by atoms with Gasteiger partial charge < -0.3 is 9.84 Å². The van der Waals surface area contributed by atoms with Crippen LogP contribution in [0.4, 0.5) is 0 Å². The average molecular weight is 382 g/mol. The van der Waals surface area contributed by atoms with Crippen molar-refractivity contribution in [2.45, 2.75) is 29.8 Å². The lowest BCUT2D eigenvalue weighted by Gasteiger charge is -2.34. The van der Waals surface area contributed by atoms with Gasteiger partial charge in [-0.2, -0.15) is 0 Å². The molecule has 0 spiro atoms. The van der Waals surface area contributed by atoms with Crippen LogP contribution in [0.2, 0.25) is 5.02 Å². The molecule has 0 fully saturated rings. The molecule has 3 rings (SSSR count). The molecule has 0 saturated heterocycles. The second kappa shape index (κ2) is 6.96. The summed E-state index contributed by atoms with van der Waals surface area (Å²) in [5.41, 5.74) is 0.497. The highest BCUT2D eigenvalue weighted by Gasteiger charge is 2.35. The summed E-state index contributed by atoms with van der Waals surface area (Å²) in [6, 6.07) is 11.4. The van der Waals surface area contributed by atoms with E-state index in [0.29, 0.717) is 11.4 Å². The van der Waals surface area contributed by atoms with Gasteiger partial charge in [0.1, 0.15) is 11.4 Å². The standard InChI is InChI=1S/C18H20ClNO4S/c1-24-15-6-9-17-13(11-15)3-2-10-18(17,21)12-20-25(22,23)16-7-4-14(19)5-8-16/h4-9,11,20-21H,2-3,10,12H2,1H3. The van der Waals surface area contributed by atoms with E-state index in [1.807, 2.05) is 12.1 Å². The molecule has 0 aromatic heterocycles. The molecule has 2 aromatic rings. The number of benzene rings is 2. The molecule has 2 aromatic carbocycles. The Morgan fingerprint density at radius 2 is 1.96 bits per heavy atom. The molecular formula is C18H20ClNO4S. The Kier molecular flexibility index (Phi) is 5.06. The minimum Gasteiger partial charge on any atom is -0.497 e. The number of aliphatic hydroxyl groups is 1. The topological polar surface area (TPSA) is 75.6 Å². The van der Waals surface area contributed by atoms with E-state index in [-0.39, 0.29) is 11.4 Å². The molecule has 25 heavy (non-hydrogen) atoms. The third kappa shape index (κ3) is 3.82. The van der Waals surface area contributed by atoms with Crippen molar-refractivity contribution in [2.24, 2.45) is 0 Å². The van der Waals surface area contributed by atoms with Crippen LogP contribution in [-0.2, 0) is 22.0 Å². The molecule has 1 aliphatic rings. The normalized spacial score (nSPS) is 20.1. The lowest BCUT2D eigenvalue weighted by Crippen LogP contribution is -2.42. The van der Waals surface area contributed by atoms with Crippen molar-refractivity contribution in [3.05, 3.63) is 58.6 Å². The van der Waals surface area contributed by atoms with Crippen molar-refractivity contribution in [3.8, 4) is 5.75 Å². The zero-order chi connectivity index (χ0) is 18.1. The monoisotopic (exact) mass is 381 g/mol. The van der Waals surface area contributed by atoms with Crippen molar-refractivity contribution in [2.75, 3.05) is 13.7 Å². The molecule has 5 nitrogen and oxygen atoms in total. The van der Waals surface area contributed by atoms with Gasteiger partial charge in [0.05, 0.1) is 12.0 Å². The number of fused-ring (bicyclic) bond motifs is 1. The Bertz CT molecular complexity index is 867. The maximum Gasteiger partial charge on any atom is 0.240 e. The average Bonchev–Trinajstić information content (AvgIpc) is 2.60. The number of aryl methyl sites for hydroxylation is 1. The number of rotatable bonds is 5. The van der Waals surface area contributed by atoms with Crippen molar-refractivity contribution in [3.63, 3.8) is 0 Å². The zero-order valence-electron chi connectivity index (χ0n) is 13.8. The first-order valence-corrected chi connectivity index (χ1v) is 9.85. The second-order valence-electron chi connectivity index (χ2n) is 6.19. The number of halogens is 1. The van der Waals surface area contributed by atoms with Crippen LogP contribution in [0, 0.1) is 0 Å². The van der Waals surface area contributed by atoms with Crippen molar-refractivity contribution in [1.82, 2.24) is 4.72 Å². The molecule has 134 valence electrons. The summed E-state index contributed by atoms with van der Waals surface area (Å²) < 4.78 is 32.7. The maximum absolute atomic E-state index is 12.5. The van der Waals surface area contributed by atoms with E-state index in [2.05, 4.69) is 4.72 Å². The second-order valence-corrected chi connectivity index (χ2v) is 8.39. The van der Waals surface area contributed by atoms with Gasteiger partial charge in [-0.3, -0.25) is 0 Å². The third-order valence-electron chi connectivity index (χ3n) is 4.53. The van der Waals surface area contributed by atoms with E-state index in [0.717, 1.165) is 29.7 Å². The zero-order valence-corrected chi connectivity index (χ0v) is 15.4. The largest absolute Gasteiger partial charge is 0.497 e. The SMILES string of the molecule is COc1ccc2c(c1)CCCC2(O)CNS(=O)(=O)c1ccc(Cl)cc1. The number of hydrogen-bond donors (Lipinski definition) is 2. The van der Waals surface area contributed by atoms with Crippen LogP contribution in [0.3, 0.4) is 0 Å². The fourth-order valence-electron chi connectivity index (χ4n) is 3.16. The van der Waals surface area contributed by atoms with Crippen LogP contribution in [0.15, 0.2) is 47.4 Å². The van der Waals surface area contributed by atoms with E-state index in [1.165, 1.54) is 24.3 Å². The predicted octanol–water partition coefficient (Wildman–Crippen LogP) is 2.85. The summed E-state index contributed by atoms with van der Waals surface area (Å²) in [6.07, 6.45) is 2.10. The van der Waals surface area contributed by atoms with Crippen molar-refractivity contribution in [1.29, 1.82) is 0 Å². The van der Waals surface area contributed by atoms with Gasteiger partial charge in [-0.15, -0.1) is 0 Å². The molecule has 1 aliphatic carbocycles. The van der Waals surface area contributed by atoms with E-state index >= 15 is 0 Å². The molecule has 1 atom stereocenters. The fourth-order valence-corrected chi connectivity index (χ4v) is 4.37. The summed E-state index contributed by atoms with van der Waals surface area (Å²) in [6.45, 7) is -0.0860. The first-order chi connectivity index (χ1) is 11.8. The molecule has 2 N–H and O–H groups in total. The molecule has 0 amide bonds. The first-order valence-electron chi connectivity index (χ1n) is 7.99. The Hall–Kier alpha value is -1.60. The summed E-state index contributed by atoms with van der Waals surface area (Å²) in [4.78, 5) is 0.117. The van der Waals surface area contributed by atoms with Crippen LogP contribution >= 0.6 is 11.6 Å². The predicted molar refractivity (Wildman–Crippen MR) is 96.5 cm³/mol. The number of methoxy groups -OCH3 is 1. The fraction of sp³-hybridized carbons (Fsp3) is 0.333. The lowest BCUT2D eigenvalue weighted by atomic mass is 9.79. The number of sulfonamides is 1. The Labute approximate surface area is 152 Å². The van der Waals surface area contributed by atoms with Crippen LogP contribution in [0.25, 0.3) is 0 Å². The first kappa shape index (κ1) is 18.2. The molecule has 7 heteroatoms. The highest BCUT2D eigenvalue weighted by molar-refractivity contribution is 7.89. The van der Waals surface area contributed by atoms with E-state index in [4.69, 9.17) is 16.3 Å². The number of hydrogen-bond acceptors (Lipinski definition) is 4. The van der Waals surface area contributed by atoms with Gasteiger partial charge >= 0.3 is 0 Å². The molecular weight excluding hydrogens is 362 g/mol. The van der Waals surface area contributed by atoms with Crippen molar-refractivity contribution < 1.29 is 18.3 Å². The quantitative estimate of drug-likeness (QED) is 0.835. The van der Waals surface area contributed by atoms with E-state index in [9.17, 15) is 13.5 Å². The summed E-state index contributed by atoms with van der Waals surface area (Å²) in [5.74, 6) is 0.727. The molecule has 0 aliphatic heterocycles. The van der Waals surface area contributed by atoms with E-state index < -0.39 is 15.6 Å². The van der Waals surface area contributed by atoms with Gasteiger partial charge in [0.25, 0.3) is 0 Å². The summed E-state index contributed by atoms with van der Waals surface area (Å²) in [5, 5.41) is 11.5. The molecule has 0 bridgehead atoms. The minimum absolute atomic E-state index is 0.0860. The number of nitrogens with one attached hydrogen (secondary N) is 1. The smallest absolute Gasteiger partial charge is 0.240 e. The van der Waals surface area contributed by atoms with E-state index in [1.54, 1.807) is 13.2 Å². The molecule has 0 saturated carbocycles. The van der Waals surface area contributed by atoms with Gasteiger partial charge in [0, 0.05) is 11.6 Å². The molecule has 0 radical (unpaired) electrons. The molecule has 1 unspecified atom stereocenters. The highest BCUT2D eigenvalue weighted by atomic mass is 35.5. The Morgan fingerprint density at radius 1 is 1.24 bits per heavy atom. The van der Waals surface area contributed by atoms with Gasteiger partial charge in [-0.1, -0.05) is 17.7 Å². The summed E-state index contributed by atoms with van der Waals surface area (Å²) >= 11 is 5.80. The summed E-state index contributed by atoms with van der Waals surface area (Å²) in [7, 11) is -2.13. The Balaban J connectivity index is 1.82. The third-order valence-corrected chi connectivity index (χ3v) is 6.20. The van der Waals surface area contributed by atoms with Gasteiger partial charge in [-0.05, 0) is 66.8 Å². The van der Waals surface area contributed by atoms with Crippen LogP contribution in [0.1, 0.15) is 24.0 Å². The van der Waals surface area contributed by atoms with Gasteiger partial charge in [0.15, 0.2) is 0 Å². The maximum atomic E-state index is 12.5. The lowest BCUT2D eigenvalue weighted by molar-refractivity contribution is 0.0242. The van der Waals surface area contributed by atoms with Gasteiger partial charge in [-0.25, -0.2) is 13.1 Å². The highest BCUT2D eigenvalue weighted by Crippen LogP contribution is 2.36. The van der Waals surface area contributed by atoms with Crippen molar-refractivity contribution >= 4 is 21.6 Å². The van der Waals surface area contributed by atoms with Crippen LogP contribution in [0.5, 0.6) is 5.75 Å².